The van der Waals surface area contributed by atoms with Crippen molar-refractivity contribution in [3.63, 3.8) is 0 Å². The highest BCUT2D eigenvalue weighted by Gasteiger charge is 2.34. The van der Waals surface area contributed by atoms with Crippen LogP contribution >= 0.6 is 0 Å². The number of halogens is 3. The van der Waals surface area contributed by atoms with Gasteiger partial charge in [0.05, 0.1) is 12.4 Å². The molecule has 198 valence electrons. The first-order chi connectivity index (χ1) is 17.6. The summed E-state index contributed by atoms with van der Waals surface area (Å²) in [6.45, 7) is 7.89. The van der Waals surface area contributed by atoms with Crippen molar-refractivity contribution >= 4 is 19.9 Å². The van der Waals surface area contributed by atoms with Crippen LogP contribution in [0.2, 0.25) is 25.7 Å². The first-order valence-corrected chi connectivity index (χ1v) is 16.0. The van der Waals surface area contributed by atoms with Gasteiger partial charge in [0.2, 0.25) is 11.9 Å². The van der Waals surface area contributed by atoms with E-state index in [0.29, 0.717) is 43.3 Å². The van der Waals surface area contributed by atoms with Gasteiger partial charge in [-0.3, -0.25) is 9.69 Å². The highest BCUT2D eigenvalue weighted by atomic mass is 28.3. The zero-order valence-corrected chi connectivity index (χ0v) is 22.2. The molecule has 1 atom stereocenters. The molecule has 0 spiro atoms. The Morgan fingerprint density at radius 3 is 2.70 bits per heavy atom. The average molecular weight is 533 g/mol. The van der Waals surface area contributed by atoms with Crippen molar-refractivity contribution in [3.8, 4) is 11.4 Å². The fourth-order valence-corrected chi connectivity index (χ4v) is 5.01. The molecule has 0 aliphatic carbocycles. The number of piperidine rings is 1. The summed E-state index contributed by atoms with van der Waals surface area (Å²) in [5.74, 6) is -0.780. The van der Waals surface area contributed by atoms with E-state index in [1.807, 2.05) is 0 Å². The van der Waals surface area contributed by atoms with Gasteiger partial charge in [0.1, 0.15) is 12.5 Å². The van der Waals surface area contributed by atoms with E-state index < -0.39 is 26.2 Å². The molecular formula is C25H31F3N6O2Si. The summed E-state index contributed by atoms with van der Waals surface area (Å²) in [4.78, 5) is 19.7. The van der Waals surface area contributed by atoms with E-state index in [9.17, 15) is 18.0 Å². The first kappa shape index (κ1) is 26.9. The maximum Gasteiger partial charge on any atom is 0.264 e. The molecule has 0 bridgehead atoms. The highest BCUT2D eigenvalue weighted by Crippen LogP contribution is 2.31. The number of carbonyl (C=O) groups excluding carboxylic acids is 1. The zero-order chi connectivity index (χ0) is 26.6. The zero-order valence-electron chi connectivity index (χ0n) is 21.2. The Hall–Kier alpha value is -3.12. The third-order valence-electron chi connectivity index (χ3n) is 6.30. The molecule has 3 aromatic rings. The lowest BCUT2D eigenvalue weighted by Gasteiger charge is -2.31. The van der Waals surface area contributed by atoms with Gasteiger partial charge >= 0.3 is 0 Å². The van der Waals surface area contributed by atoms with Crippen molar-refractivity contribution in [2.75, 3.05) is 18.1 Å². The topological polar surface area (TPSA) is 86.0 Å². The smallest absolute Gasteiger partial charge is 0.264 e. The minimum atomic E-state index is -2.83. The lowest BCUT2D eigenvalue weighted by atomic mass is 9.88. The molecule has 37 heavy (non-hydrogen) atoms. The fraction of sp³-hybridized carbons (Fsp3) is 0.480. The van der Waals surface area contributed by atoms with E-state index in [4.69, 9.17) is 4.74 Å². The number of amides is 1. The van der Waals surface area contributed by atoms with E-state index in [1.54, 1.807) is 15.6 Å². The summed E-state index contributed by atoms with van der Waals surface area (Å²) in [7, 11) is -1.29. The van der Waals surface area contributed by atoms with Gasteiger partial charge in [-0.25, -0.2) is 17.9 Å². The van der Waals surface area contributed by atoms with Crippen LogP contribution in [0.25, 0.3) is 11.4 Å². The first-order valence-electron chi connectivity index (χ1n) is 12.3. The Bertz CT molecular complexity index is 1220. The molecule has 0 N–H and O–H groups in total. The van der Waals surface area contributed by atoms with E-state index in [-0.39, 0.29) is 30.2 Å². The molecule has 0 saturated carbocycles. The fourth-order valence-electron chi connectivity index (χ4n) is 4.25. The number of hydrogen-bond acceptors (Lipinski definition) is 6. The SMILES string of the molecule is C[Si](C)(C)CCOCn1nc(-c2ccnnc2)nc1N1CCC[C@H](Cc2ccc(F)cc2C(F)F)C1=O. The van der Waals surface area contributed by atoms with E-state index in [1.165, 1.54) is 18.5 Å². The van der Waals surface area contributed by atoms with Crippen LogP contribution in [-0.4, -0.2) is 52.1 Å². The molecule has 1 aromatic carbocycles. The molecule has 1 amide bonds. The Morgan fingerprint density at radius 1 is 1.19 bits per heavy atom. The number of benzene rings is 1. The number of anilines is 1. The second-order valence-electron chi connectivity index (χ2n) is 10.4. The summed E-state index contributed by atoms with van der Waals surface area (Å²) < 4.78 is 48.1. The molecule has 12 heteroatoms. The Balaban J connectivity index is 1.58. The Morgan fingerprint density at radius 2 is 2.00 bits per heavy atom. The van der Waals surface area contributed by atoms with Crippen molar-refractivity contribution in [2.45, 2.75) is 58.1 Å². The predicted molar refractivity (Wildman–Crippen MR) is 135 cm³/mol. The standard InChI is InChI=1S/C25H31F3N6O2Si/c1-37(2,3)12-11-36-16-34-25(31-23(32-34)19-8-9-29-30-15-19)33-10-4-5-18(24(33)35)13-17-6-7-20(26)14-21(17)22(27)28/h6-9,14-15,18,22H,4-5,10-13,16H2,1-3H3/t18-/m1/s1. The van der Waals surface area contributed by atoms with Crippen molar-refractivity contribution < 1.29 is 22.7 Å². The van der Waals surface area contributed by atoms with Gasteiger partial charge in [-0.05, 0) is 49.1 Å². The van der Waals surface area contributed by atoms with Gasteiger partial charge in [-0.2, -0.15) is 15.2 Å². The molecule has 1 saturated heterocycles. The second kappa shape index (κ2) is 11.5. The van der Waals surface area contributed by atoms with Crippen LogP contribution in [0.1, 0.15) is 30.4 Å². The van der Waals surface area contributed by atoms with E-state index >= 15 is 0 Å². The number of carbonyl (C=O) groups is 1. The number of nitrogens with zero attached hydrogens (tertiary/aromatic N) is 6. The van der Waals surface area contributed by atoms with Gasteiger partial charge in [0, 0.05) is 38.3 Å². The Labute approximate surface area is 214 Å². The number of ether oxygens (including phenoxy) is 1. The van der Waals surface area contributed by atoms with Gasteiger partial charge in [0.15, 0.2) is 5.82 Å². The molecule has 2 aromatic heterocycles. The van der Waals surface area contributed by atoms with Gasteiger partial charge < -0.3 is 4.74 Å². The third kappa shape index (κ3) is 6.80. The van der Waals surface area contributed by atoms with E-state index in [2.05, 4.69) is 39.9 Å². The van der Waals surface area contributed by atoms with Crippen LogP contribution in [0.5, 0.6) is 0 Å². The van der Waals surface area contributed by atoms with Crippen LogP contribution in [0, 0.1) is 11.7 Å². The summed E-state index contributed by atoms with van der Waals surface area (Å²) in [6.07, 6.45) is 1.54. The van der Waals surface area contributed by atoms with Crippen molar-refractivity contribution in [3.05, 3.63) is 53.6 Å². The minimum Gasteiger partial charge on any atom is -0.359 e. The molecule has 1 aliphatic rings. The average Bonchev–Trinajstić information content (AvgIpc) is 3.28. The molecule has 1 aliphatic heterocycles. The summed E-state index contributed by atoms with van der Waals surface area (Å²) in [5, 5.41) is 12.2. The van der Waals surface area contributed by atoms with Gasteiger partial charge in [0.25, 0.3) is 6.43 Å². The second-order valence-corrected chi connectivity index (χ2v) is 16.0. The third-order valence-corrected chi connectivity index (χ3v) is 8.01. The quantitative estimate of drug-likeness (QED) is 0.266. The van der Waals surface area contributed by atoms with Crippen LogP contribution in [0.4, 0.5) is 19.1 Å². The normalized spacial score (nSPS) is 16.6. The molecule has 0 radical (unpaired) electrons. The van der Waals surface area contributed by atoms with Crippen LogP contribution in [-0.2, 0) is 22.7 Å². The molecule has 4 rings (SSSR count). The van der Waals surface area contributed by atoms with E-state index in [0.717, 1.165) is 18.2 Å². The summed E-state index contributed by atoms with van der Waals surface area (Å²) in [5.41, 5.74) is 0.540. The lowest BCUT2D eigenvalue weighted by molar-refractivity contribution is -0.123. The molecule has 3 heterocycles. The molecular weight excluding hydrogens is 501 g/mol. The highest BCUT2D eigenvalue weighted by molar-refractivity contribution is 6.76. The monoisotopic (exact) mass is 532 g/mol. The van der Waals surface area contributed by atoms with Gasteiger partial charge in [-0.1, -0.05) is 25.7 Å². The largest absolute Gasteiger partial charge is 0.359 e. The van der Waals surface area contributed by atoms with Crippen molar-refractivity contribution in [1.82, 2.24) is 25.0 Å². The maximum absolute atomic E-state index is 13.6. The maximum atomic E-state index is 13.6. The summed E-state index contributed by atoms with van der Waals surface area (Å²) in [6, 6.07) is 6.04. The molecule has 1 fully saturated rings. The number of aromatic nitrogens is 5. The van der Waals surface area contributed by atoms with Crippen LogP contribution < -0.4 is 4.90 Å². The predicted octanol–water partition coefficient (Wildman–Crippen LogP) is 5.11. The Kier molecular flexibility index (Phi) is 8.38. The van der Waals surface area contributed by atoms with Crippen LogP contribution in [0.3, 0.4) is 0 Å². The van der Waals surface area contributed by atoms with Crippen molar-refractivity contribution in [2.24, 2.45) is 5.92 Å². The summed E-state index contributed by atoms with van der Waals surface area (Å²) >= 11 is 0. The number of alkyl halides is 2. The molecule has 0 unspecified atom stereocenters. The lowest BCUT2D eigenvalue weighted by Crippen LogP contribution is -2.43. The minimum absolute atomic E-state index is 0.0945. The number of rotatable bonds is 10. The number of hydrogen-bond donors (Lipinski definition) is 0. The van der Waals surface area contributed by atoms with Crippen LogP contribution in [0.15, 0.2) is 36.7 Å². The molecule has 8 nitrogen and oxygen atoms in total. The van der Waals surface area contributed by atoms with Crippen molar-refractivity contribution in [1.29, 1.82) is 0 Å². The van der Waals surface area contributed by atoms with Gasteiger partial charge in [-0.15, -0.1) is 5.10 Å².